The number of benzene rings is 3. The highest BCUT2D eigenvalue weighted by molar-refractivity contribution is 9.10. The first-order valence-electron chi connectivity index (χ1n) is 10.0. The van der Waals surface area contributed by atoms with E-state index in [2.05, 4.69) is 31.4 Å². The first-order chi connectivity index (χ1) is 16.1. The summed E-state index contributed by atoms with van der Waals surface area (Å²) < 4.78 is 22.4. The quantitative estimate of drug-likeness (QED) is 0.311. The number of methoxy groups -OCH3 is 1. The van der Waals surface area contributed by atoms with Gasteiger partial charge >= 0.3 is 0 Å². The summed E-state index contributed by atoms with van der Waals surface area (Å²) in [4.78, 5) is 12.5. The highest BCUT2D eigenvalue weighted by Gasteiger charge is 2.19. The number of nitrogens with zero attached hydrogens (tertiary/aromatic N) is 3. The molecule has 1 heterocycles. The van der Waals surface area contributed by atoms with E-state index in [-0.39, 0.29) is 12.1 Å². The first kappa shape index (κ1) is 23.0. The van der Waals surface area contributed by atoms with E-state index < -0.39 is 11.7 Å². The average Bonchev–Trinajstić information content (AvgIpc) is 3.25. The third-order valence-electron chi connectivity index (χ3n) is 4.83. The lowest BCUT2D eigenvalue weighted by molar-refractivity contribution is 0.0945. The number of hydrogen-bond acceptors (Lipinski definition) is 5. The van der Waals surface area contributed by atoms with Gasteiger partial charge < -0.3 is 10.1 Å². The lowest BCUT2D eigenvalue weighted by Crippen LogP contribution is -2.25. The van der Waals surface area contributed by atoms with E-state index in [4.69, 9.17) is 4.74 Å². The van der Waals surface area contributed by atoms with E-state index in [1.54, 1.807) is 19.2 Å². The summed E-state index contributed by atoms with van der Waals surface area (Å²) in [5.74, 6) is 0.730. The van der Waals surface area contributed by atoms with E-state index in [0.29, 0.717) is 22.5 Å². The summed E-state index contributed by atoms with van der Waals surface area (Å²) in [5.41, 5.74) is 1.86. The van der Waals surface area contributed by atoms with Gasteiger partial charge in [0.05, 0.1) is 24.9 Å². The van der Waals surface area contributed by atoms with Crippen LogP contribution in [0, 0.1) is 5.82 Å². The van der Waals surface area contributed by atoms with Crippen molar-refractivity contribution in [2.24, 2.45) is 0 Å². The molecule has 0 aliphatic heterocycles. The SMILES string of the molecule is COc1ccccc1-n1c(CNC(=O)c2ccccc2F)nnc1SCc1ccc(Br)cc1. The molecule has 33 heavy (non-hydrogen) atoms. The molecule has 0 fully saturated rings. The van der Waals surface area contributed by atoms with Gasteiger partial charge in [0.1, 0.15) is 11.6 Å². The molecular weight excluding hydrogens is 507 g/mol. The molecule has 0 spiro atoms. The van der Waals surface area contributed by atoms with Crippen molar-refractivity contribution in [2.75, 3.05) is 7.11 Å². The van der Waals surface area contributed by atoms with Crippen molar-refractivity contribution in [3.8, 4) is 11.4 Å². The molecule has 1 aromatic heterocycles. The molecule has 4 aromatic rings. The lowest BCUT2D eigenvalue weighted by atomic mass is 10.2. The molecule has 0 radical (unpaired) electrons. The van der Waals surface area contributed by atoms with Crippen LogP contribution in [0.3, 0.4) is 0 Å². The van der Waals surface area contributed by atoms with Crippen molar-refractivity contribution < 1.29 is 13.9 Å². The highest BCUT2D eigenvalue weighted by atomic mass is 79.9. The van der Waals surface area contributed by atoms with Gasteiger partial charge in [-0.15, -0.1) is 10.2 Å². The normalized spacial score (nSPS) is 10.8. The molecule has 0 unspecified atom stereocenters. The monoisotopic (exact) mass is 526 g/mol. The summed E-state index contributed by atoms with van der Waals surface area (Å²) in [6.07, 6.45) is 0. The van der Waals surface area contributed by atoms with Crippen molar-refractivity contribution in [3.05, 3.63) is 100 Å². The van der Waals surface area contributed by atoms with E-state index in [0.717, 1.165) is 15.7 Å². The number of ether oxygens (including phenoxy) is 1. The number of hydrogen-bond donors (Lipinski definition) is 1. The second kappa shape index (κ2) is 10.6. The van der Waals surface area contributed by atoms with E-state index in [1.165, 1.54) is 23.9 Å². The fourth-order valence-corrected chi connectivity index (χ4v) is 4.38. The third-order valence-corrected chi connectivity index (χ3v) is 6.36. The van der Waals surface area contributed by atoms with Crippen molar-refractivity contribution >= 4 is 33.6 Å². The van der Waals surface area contributed by atoms with E-state index >= 15 is 0 Å². The number of halogens is 2. The minimum atomic E-state index is -0.577. The van der Waals surface area contributed by atoms with Gasteiger partial charge in [0, 0.05) is 10.2 Å². The predicted molar refractivity (Wildman–Crippen MR) is 129 cm³/mol. The maximum atomic E-state index is 14.0. The summed E-state index contributed by atoms with van der Waals surface area (Å²) >= 11 is 4.97. The third kappa shape index (κ3) is 5.43. The zero-order valence-electron chi connectivity index (χ0n) is 17.7. The maximum Gasteiger partial charge on any atom is 0.254 e. The molecule has 4 rings (SSSR count). The van der Waals surface area contributed by atoms with Gasteiger partial charge in [-0.05, 0) is 42.0 Å². The van der Waals surface area contributed by atoms with Gasteiger partial charge in [-0.1, -0.05) is 64.1 Å². The zero-order valence-corrected chi connectivity index (χ0v) is 20.1. The summed E-state index contributed by atoms with van der Waals surface area (Å²) in [5, 5.41) is 12.0. The van der Waals surface area contributed by atoms with Crippen molar-refractivity contribution in [3.63, 3.8) is 0 Å². The smallest absolute Gasteiger partial charge is 0.254 e. The van der Waals surface area contributed by atoms with Crippen LogP contribution in [0.2, 0.25) is 0 Å². The Kier molecular flexibility index (Phi) is 7.41. The molecular formula is C24H20BrFN4O2S. The van der Waals surface area contributed by atoms with E-state index in [9.17, 15) is 9.18 Å². The largest absolute Gasteiger partial charge is 0.495 e. The van der Waals surface area contributed by atoms with Crippen LogP contribution in [0.1, 0.15) is 21.7 Å². The Hall–Kier alpha value is -3.17. The Morgan fingerprint density at radius 2 is 1.79 bits per heavy atom. The Balaban J connectivity index is 1.61. The summed E-state index contributed by atoms with van der Waals surface area (Å²) in [6.45, 7) is 0.0665. The minimum Gasteiger partial charge on any atom is -0.495 e. The molecule has 0 aliphatic carbocycles. The second-order valence-corrected chi connectivity index (χ2v) is 8.84. The molecule has 1 amide bonds. The predicted octanol–water partition coefficient (Wildman–Crippen LogP) is 5.40. The maximum absolute atomic E-state index is 14.0. The van der Waals surface area contributed by atoms with Crippen LogP contribution in [-0.4, -0.2) is 27.8 Å². The Bertz CT molecular complexity index is 1260. The van der Waals surface area contributed by atoms with Gasteiger partial charge in [0.15, 0.2) is 11.0 Å². The Morgan fingerprint density at radius 3 is 2.55 bits per heavy atom. The molecule has 6 nitrogen and oxygen atoms in total. The molecule has 3 aromatic carbocycles. The molecule has 0 saturated carbocycles. The number of thioether (sulfide) groups is 1. The summed E-state index contributed by atoms with van der Waals surface area (Å²) in [6, 6.07) is 21.4. The van der Waals surface area contributed by atoms with Crippen LogP contribution < -0.4 is 10.1 Å². The second-order valence-electron chi connectivity index (χ2n) is 6.98. The fourth-order valence-electron chi connectivity index (χ4n) is 3.19. The average molecular weight is 527 g/mol. The Labute approximate surface area is 203 Å². The van der Waals surface area contributed by atoms with Crippen LogP contribution >= 0.6 is 27.7 Å². The van der Waals surface area contributed by atoms with Gasteiger partial charge in [-0.3, -0.25) is 9.36 Å². The van der Waals surface area contributed by atoms with Crippen molar-refractivity contribution in [1.29, 1.82) is 0 Å². The summed E-state index contributed by atoms with van der Waals surface area (Å²) in [7, 11) is 1.59. The van der Waals surface area contributed by atoms with Crippen molar-refractivity contribution in [1.82, 2.24) is 20.1 Å². The van der Waals surface area contributed by atoms with Crippen LogP contribution in [0.4, 0.5) is 4.39 Å². The number of aromatic nitrogens is 3. The molecule has 0 saturated heterocycles. The van der Waals surface area contributed by atoms with Crippen molar-refractivity contribution in [2.45, 2.75) is 17.5 Å². The topological polar surface area (TPSA) is 69.0 Å². The van der Waals surface area contributed by atoms with Gasteiger partial charge in [0.25, 0.3) is 5.91 Å². The number of nitrogens with one attached hydrogen (secondary N) is 1. The number of rotatable bonds is 8. The minimum absolute atomic E-state index is 0.0225. The Morgan fingerprint density at radius 1 is 1.06 bits per heavy atom. The van der Waals surface area contributed by atoms with Gasteiger partial charge in [-0.25, -0.2) is 4.39 Å². The number of para-hydroxylation sites is 2. The molecule has 1 N–H and O–H groups in total. The zero-order chi connectivity index (χ0) is 23.2. The number of carbonyl (C=O) groups is 1. The highest BCUT2D eigenvalue weighted by Crippen LogP contribution is 2.30. The molecule has 0 bridgehead atoms. The van der Waals surface area contributed by atoms with E-state index in [1.807, 2.05) is 53.1 Å². The number of carbonyl (C=O) groups excluding carboxylic acids is 1. The molecule has 0 atom stereocenters. The first-order valence-corrected chi connectivity index (χ1v) is 11.8. The number of amides is 1. The fraction of sp³-hybridized carbons (Fsp3) is 0.125. The van der Waals surface area contributed by atoms with Crippen LogP contribution in [0.25, 0.3) is 5.69 Å². The molecule has 9 heteroatoms. The van der Waals surface area contributed by atoms with Gasteiger partial charge in [0.2, 0.25) is 0 Å². The molecule has 168 valence electrons. The standard InChI is InChI=1S/C24H20BrFN4O2S/c1-32-21-9-5-4-8-20(21)30-22(14-27-23(31)18-6-2-3-7-19(18)26)28-29-24(30)33-15-16-10-12-17(25)13-11-16/h2-13H,14-15H2,1H3,(H,27,31). The van der Waals surface area contributed by atoms with Crippen LogP contribution in [0.15, 0.2) is 82.4 Å². The lowest BCUT2D eigenvalue weighted by Gasteiger charge is -2.14. The van der Waals surface area contributed by atoms with Gasteiger partial charge in [-0.2, -0.15) is 0 Å². The van der Waals surface area contributed by atoms with Crippen LogP contribution in [-0.2, 0) is 12.3 Å². The van der Waals surface area contributed by atoms with Crippen LogP contribution in [0.5, 0.6) is 5.75 Å². The molecule has 0 aliphatic rings.